The van der Waals surface area contributed by atoms with E-state index in [2.05, 4.69) is 0 Å². The molecular formula is C14H15NO4. The molecule has 1 aromatic carbocycles. The molecule has 1 fully saturated rings. The fourth-order valence-corrected chi connectivity index (χ4v) is 2.28. The maximum atomic E-state index is 11.9. The molecule has 0 spiro atoms. The van der Waals surface area contributed by atoms with Crippen molar-refractivity contribution in [2.24, 2.45) is 0 Å². The van der Waals surface area contributed by atoms with Gasteiger partial charge in [0, 0.05) is 17.7 Å². The van der Waals surface area contributed by atoms with Crippen LogP contribution >= 0.6 is 0 Å². The highest BCUT2D eigenvalue weighted by atomic mass is 16.4. The molecule has 5 heteroatoms. The predicted octanol–water partition coefficient (Wildman–Crippen LogP) is 1.86. The number of anilines is 1. The third-order valence-electron chi connectivity index (χ3n) is 3.29. The normalized spacial score (nSPS) is 19.3. The Hall–Kier alpha value is -2.17. The fraction of sp³-hybridized carbons (Fsp3) is 0.357. The molecule has 1 N–H and O–H groups in total. The number of ketones is 1. The van der Waals surface area contributed by atoms with E-state index in [-0.39, 0.29) is 11.7 Å². The number of carbonyl (C=O) groups is 3. The summed E-state index contributed by atoms with van der Waals surface area (Å²) in [7, 11) is 0. The van der Waals surface area contributed by atoms with Crippen LogP contribution in [0.5, 0.6) is 0 Å². The molecule has 2 rings (SSSR count). The SMILES string of the molecule is CC(=O)c1ccc(N2C(=O)CCCC2C(=O)O)cc1. The van der Waals surface area contributed by atoms with E-state index >= 15 is 0 Å². The maximum Gasteiger partial charge on any atom is 0.326 e. The molecule has 1 amide bonds. The van der Waals surface area contributed by atoms with Crippen LogP contribution in [0.25, 0.3) is 0 Å². The van der Waals surface area contributed by atoms with Crippen LogP contribution in [-0.4, -0.2) is 28.8 Å². The Bertz CT molecular complexity index is 521. The molecule has 1 heterocycles. The Morgan fingerprint density at radius 3 is 2.42 bits per heavy atom. The highest BCUT2D eigenvalue weighted by Gasteiger charge is 2.34. The van der Waals surface area contributed by atoms with E-state index in [1.54, 1.807) is 24.3 Å². The Labute approximate surface area is 110 Å². The Morgan fingerprint density at radius 1 is 1.26 bits per heavy atom. The minimum atomic E-state index is -0.997. The Balaban J connectivity index is 2.33. The van der Waals surface area contributed by atoms with Gasteiger partial charge in [-0.25, -0.2) is 4.79 Å². The summed E-state index contributed by atoms with van der Waals surface area (Å²) in [5.74, 6) is -1.25. The van der Waals surface area contributed by atoms with E-state index < -0.39 is 12.0 Å². The second-order valence-corrected chi connectivity index (χ2v) is 4.61. The van der Waals surface area contributed by atoms with E-state index in [9.17, 15) is 19.5 Å². The number of nitrogens with zero attached hydrogens (tertiary/aromatic N) is 1. The Kier molecular flexibility index (Phi) is 3.64. The number of rotatable bonds is 3. The zero-order valence-electron chi connectivity index (χ0n) is 10.6. The monoisotopic (exact) mass is 261 g/mol. The van der Waals surface area contributed by atoms with Gasteiger partial charge in [-0.05, 0) is 44.0 Å². The highest BCUT2D eigenvalue weighted by Crippen LogP contribution is 2.26. The number of benzene rings is 1. The van der Waals surface area contributed by atoms with Crippen LogP contribution in [0.15, 0.2) is 24.3 Å². The van der Waals surface area contributed by atoms with Gasteiger partial charge in [0.05, 0.1) is 0 Å². The molecule has 1 aromatic rings. The quantitative estimate of drug-likeness (QED) is 0.843. The first-order valence-electron chi connectivity index (χ1n) is 6.16. The smallest absolute Gasteiger partial charge is 0.326 e. The van der Waals surface area contributed by atoms with Gasteiger partial charge in [-0.3, -0.25) is 14.5 Å². The molecule has 1 aliphatic rings. The van der Waals surface area contributed by atoms with Gasteiger partial charge in [0.15, 0.2) is 5.78 Å². The number of carbonyl (C=O) groups excluding carboxylic acids is 2. The van der Waals surface area contributed by atoms with Crippen LogP contribution < -0.4 is 4.90 Å². The molecule has 1 saturated heterocycles. The largest absolute Gasteiger partial charge is 0.480 e. The Morgan fingerprint density at radius 2 is 1.89 bits per heavy atom. The van der Waals surface area contributed by atoms with Crippen molar-refractivity contribution in [3.8, 4) is 0 Å². The van der Waals surface area contributed by atoms with Crippen LogP contribution in [0.4, 0.5) is 5.69 Å². The van der Waals surface area contributed by atoms with E-state index in [0.717, 1.165) is 0 Å². The van der Waals surface area contributed by atoms with Crippen molar-refractivity contribution in [2.75, 3.05) is 4.90 Å². The maximum absolute atomic E-state index is 11.9. The second kappa shape index (κ2) is 5.22. The topological polar surface area (TPSA) is 74.7 Å². The van der Waals surface area contributed by atoms with Crippen LogP contribution in [0.2, 0.25) is 0 Å². The summed E-state index contributed by atoms with van der Waals surface area (Å²) in [5.41, 5.74) is 1.07. The van der Waals surface area contributed by atoms with Gasteiger partial charge in [0.25, 0.3) is 0 Å². The third-order valence-corrected chi connectivity index (χ3v) is 3.29. The minimum Gasteiger partial charge on any atom is -0.480 e. The molecule has 0 aromatic heterocycles. The molecule has 0 saturated carbocycles. The summed E-state index contributed by atoms with van der Waals surface area (Å²) in [4.78, 5) is 35.6. The lowest BCUT2D eigenvalue weighted by molar-refractivity contribution is -0.141. The summed E-state index contributed by atoms with van der Waals surface area (Å²) in [6.07, 6.45) is 1.41. The molecule has 1 atom stereocenters. The number of hydrogen-bond acceptors (Lipinski definition) is 3. The van der Waals surface area contributed by atoms with Gasteiger partial charge in [0.1, 0.15) is 6.04 Å². The lowest BCUT2D eigenvalue weighted by Gasteiger charge is -2.32. The first-order valence-corrected chi connectivity index (χ1v) is 6.16. The van der Waals surface area contributed by atoms with Gasteiger partial charge in [0.2, 0.25) is 5.91 Å². The lowest BCUT2D eigenvalue weighted by Crippen LogP contribution is -2.48. The fourth-order valence-electron chi connectivity index (χ4n) is 2.28. The average Bonchev–Trinajstić information content (AvgIpc) is 2.38. The minimum absolute atomic E-state index is 0.0636. The van der Waals surface area contributed by atoms with Gasteiger partial charge < -0.3 is 5.11 Å². The van der Waals surface area contributed by atoms with Gasteiger partial charge in [-0.2, -0.15) is 0 Å². The summed E-state index contributed by atoms with van der Waals surface area (Å²) >= 11 is 0. The predicted molar refractivity (Wildman–Crippen MR) is 69.2 cm³/mol. The van der Waals surface area contributed by atoms with Crippen molar-refractivity contribution in [2.45, 2.75) is 32.2 Å². The summed E-state index contributed by atoms with van der Waals surface area (Å²) in [5, 5.41) is 9.18. The number of amides is 1. The van der Waals surface area contributed by atoms with Crippen LogP contribution in [0.3, 0.4) is 0 Å². The summed E-state index contributed by atoms with van der Waals surface area (Å²) in [6.45, 7) is 1.46. The zero-order chi connectivity index (χ0) is 14.0. The molecule has 19 heavy (non-hydrogen) atoms. The van der Waals surface area contributed by atoms with Crippen molar-refractivity contribution in [1.29, 1.82) is 0 Å². The molecular weight excluding hydrogens is 246 g/mol. The first kappa shape index (κ1) is 13.3. The molecule has 5 nitrogen and oxygen atoms in total. The summed E-state index contributed by atoms with van der Waals surface area (Å²) < 4.78 is 0. The van der Waals surface area contributed by atoms with Crippen LogP contribution in [0, 0.1) is 0 Å². The lowest BCUT2D eigenvalue weighted by atomic mass is 10.00. The number of carboxylic acids is 1. The molecule has 0 bridgehead atoms. The van der Waals surface area contributed by atoms with Crippen molar-refractivity contribution in [3.05, 3.63) is 29.8 Å². The highest BCUT2D eigenvalue weighted by molar-refractivity contribution is 6.01. The average molecular weight is 261 g/mol. The first-order chi connectivity index (χ1) is 9.00. The van der Waals surface area contributed by atoms with Gasteiger partial charge in [-0.1, -0.05) is 0 Å². The van der Waals surface area contributed by atoms with Crippen molar-refractivity contribution in [3.63, 3.8) is 0 Å². The standard InChI is InChI=1S/C14H15NO4/c1-9(16)10-5-7-11(8-6-10)15-12(14(18)19)3-2-4-13(15)17/h5-8,12H,2-4H2,1H3,(H,18,19). The van der Waals surface area contributed by atoms with Crippen LogP contribution in [-0.2, 0) is 9.59 Å². The van der Waals surface area contributed by atoms with Crippen molar-refractivity contribution >= 4 is 23.3 Å². The summed E-state index contributed by atoms with van der Waals surface area (Å²) in [6, 6.07) is 5.65. The van der Waals surface area contributed by atoms with E-state index in [0.29, 0.717) is 30.5 Å². The van der Waals surface area contributed by atoms with E-state index in [1.165, 1.54) is 11.8 Å². The number of Topliss-reactive ketones (excluding diaryl/α,β-unsaturated/α-hetero) is 1. The number of piperidine rings is 1. The second-order valence-electron chi connectivity index (χ2n) is 4.61. The van der Waals surface area contributed by atoms with Gasteiger partial charge in [-0.15, -0.1) is 0 Å². The molecule has 1 aliphatic heterocycles. The van der Waals surface area contributed by atoms with Crippen molar-refractivity contribution in [1.82, 2.24) is 0 Å². The third kappa shape index (κ3) is 2.65. The molecule has 100 valence electrons. The molecule has 1 unspecified atom stereocenters. The van der Waals surface area contributed by atoms with Crippen LogP contribution in [0.1, 0.15) is 36.5 Å². The molecule has 0 aliphatic carbocycles. The van der Waals surface area contributed by atoms with Gasteiger partial charge >= 0.3 is 5.97 Å². The van der Waals surface area contributed by atoms with E-state index in [4.69, 9.17) is 0 Å². The zero-order valence-corrected chi connectivity index (χ0v) is 10.6. The number of hydrogen-bond donors (Lipinski definition) is 1. The van der Waals surface area contributed by atoms with E-state index in [1.807, 2.05) is 0 Å². The number of aliphatic carboxylic acids is 1. The number of carboxylic acid groups (broad SMARTS) is 1. The molecule has 0 radical (unpaired) electrons. The van der Waals surface area contributed by atoms with Crippen molar-refractivity contribution < 1.29 is 19.5 Å².